The quantitative estimate of drug-likeness (QED) is 0.321. The van der Waals surface area contributed by atoms with Gasteiger partial charge < -0.3 is 0 Å². The lowest BCUT2D eigenvalue weighted by molar-refractivity contribution is 0.565. The lowest BCUT2D eigenvalue weighted by Crippen LogP contribution is -1.64. The molecular weight excluding hydrogens is 114 g/mol. The normalized spacial score (nSPS) is 9.44. The molecule has 0 unspecified atom stereocenters. The third-order valence-corrected chi connectivity index (χ3v) is 0.957. The van der Waals surface area contributed by atoms with Gasteiger partial charge in [-0.05, 0) is 6.42 Å². The molecule has 2 nitrogen and oxygen atoms in total. The molecule has 0 saturated heterocycles. The van der Waals surface area contributed by atoms with Crippen LogP contribution in [-0.4, -0.2) is 6.08 Å². The minimum atomic E-state index is 1.00. The first-order valence-corrected chi connectivity index (χ1v) is 3.13. The number of isocyanates is 1. The first-order valence-electron chi connectivity index (χ1n) is 3.13. The number of hydrogen-bond acceptors (Lipinski definition) is 2. The largest absolute Gasteiger partial charge is 0.239 e. The second-order valence-electron chi connectivity index (χ2n) is 1.75. The summed E-state index contributed by atoms with van der Waals surface area (Å²) in [5, 5.41) is 0. The van der Waals surface area contributed by atoms with E-state index in [1.807, 2.05) is 6.08 Å². The Bertz CT molecular complexity index is 123. The lowest BCUT2D eigenvalue weighted by Gasteiger charge is -1.83. The summed E-state index contributed by atoms with van der Waals surface area (Å²) in [6.07, 6.45) is 8.13. The van der Waals surface area contributed by atoms with Crippen LogP contribution in [-0.2, 0) is 4.79 Å². The molecule has 0 aliphatic carbocycles. The maximum absolute atomic E-state index is 9.49. The molecule has 0 aromatic rings. The Morgan fingerprint density at radius 2 is 2.44 bits per heavy atom. The van der Waals surface area contributed by atoms with Crippen LogP contribution in [0.25, 0.3) is 0 Å². The minimum Gasteiger partial charge on any atom is -0.211 e. The molecule has 0 aliphatic rings. The molecule has 0 aliphatic heterocycles. The van der Waals surface area contributed by atoms with Gasteiger partial charge in [0.25, 0.3) is 0 Å². The molecule has 2 heteroatoms. The number of nitrogens with zero attached hydrogens (tertiary/aromatic N) is 1. The molecular formula is C7H11NO. The predicted molar refractivity (Wildman–Crippen MR) is 36.8 cm³/mol. The van der Waals surface area contributed by atoms with Crippen LogP contribution in [0.3, 0.4) is 0 Å². The molecule has 9 heavy (non-hydrogen) atoms. The highest BCUT2D eigenvalue weighted by molar-refractivity contribution is 5.34. The molecule has 0 radical (unpaired) electrons. The molecule has 0 aromatic heterocycles. The van der Waals surface area contributed by atoms with E-state index in [0.717, 1.165) is 12.8 Å². The van der Waals surface area contributed by atoms with Gasteiger partial charge in [0, 0.05) is 6.20 Å². The smallest absolute Gasteiger partial charge is 0.211 e. The van der Waals surface area contributed by atoms with Crippen molar-refractivity contribution in [2.24, 2.45) is 4.99 Å². The third kappa shape index (κ3) is 7.12. The van der Waals surface area contributed by atoms with E-state index >= 15 is 0 Å². The number of carbonyl (C=O) groups excluding carboxylic acids is 1. The van der Waals surface area contributed by atoms with Gasteiger partial charge in [-0.1, -0.05) is 25.8 Å². The first-order chi connectivity index (χ1) is 4.41. The molecule has 0 heterocycles. The number of hydrogen-bond donors (Lipinski definition) is 0. The van der Waals surface area contributed by atoms with Crippen LogP contribution in [0.2, 0.25) is 0 Å². The van der Waals surface area contributed by atoms with E-state index in [0.29, 0.717) is 0 Å². The van der Waals surface area contributed by atoms with E-state index < -0.39 is 0 Å². The zero-order chi connectivity index (χ0) is 6.95. The van der Waals surface area contributed by atoms with Crippen molar-refractivity contribution < 1.29 is 4.79 Å². The Balaban J connectivity index is 3.14. The zero-order valence-electron chi connectivity index (χ0n) is 5.63. The van der Waals surface area contributed by atoms with E-state index in [1.165, 1.54) is 18.7 Å². The third-order valence-electron chi connectivity index (χ3n) is 0.957. The van der Waals surface area contributed by atoms with Crippen molar-refractivity contribution in [2.45, 2.75) is 26.2 Å². The van der Waals surface area contributed by atoms with Crippen LogP contribution in [0.1, 0.15) is 26.2 Å². The molecule has 0 aromatic carbocycles. The van der Waals surface area contributed by atoms with E-state index in [2.05, 4.69) is 11.9 Å². The summed E-state index contributed by atoms with van der Waals surface area (Å²) < 4.78 is 0. The average Bonchev–Trinajstić information content (AvgIpc) is 1.89. The Hall–Kier alpha value is -0.880. The molecule has 0 amide bonds. The van der Waals surface area contributed by atoms with E-state index in [4.69, 9.17) is 0 Å². The number of aliphatic imine (C=N–C) groups is 1. The van der Waals surface area contributed by atoms with Crippen molar-refractivity contribution in [1.29, 1.82) is 0 Å². The second-order valence-corrected chi connectivity index (χ2v) is 1.75. The van der Waals surface area contributed by atoms with Gasteiger partial charge in [0.2, 0.25) is 6.08 Å². The van der Waals surface area contributed by atoms with E-state index in [-0.39, 0.29) is 0 Å². The molecule has 0 rings (SSSR count). The standard InChI is InChI=1S/C7H11NO/c1-2-3-4-5-6-8-7-9/h5-6H,2-4H2,1H3. The van der Waals surface area contributed by atoms with Crippen LogP contribution >= 0.6 is 0 Å². The fourth-order valence-electron chi connectivity index (χ4n) is 0.480. The Morgan fingerprint density at radius 3 is 3.00 bits per heavy atom. The summed E-state index contributed by atoms with van der Waals surface area (Å²) in [4.78, 5) is 12.8. The summed E-state index contributed by atoms with van der Waals surface area (Å²) in [6.45, 7) is 2.12. The van der Waals surface area contributed by atoms with Gasteiger partial charge in [0.1, 0.15) is 0 Å². The van der Waals surface area contributed by atoms with Crippen LogP contribution < -0.4 is 0 Å². The van der Waals surface area contributed by atoms with Crippen LogP contribution in [0.15, 0.2) is 17.3 Å². The van der Waals surface area contributed by atoms with Gasteiger partial charge in [-0.25, -0.2) is 4.79 Å². The van der Waals surface area contributed by atoms with Crippen molar-refractivity contribution in [3.8, 4) is 0 Å². The number of rotatable bonds is 4. The first kappa shape index (κ1) is 8.12. The molecule has 0 saturated carbocycles. The highest BCUT2D eigenvalue weighted by atomic mass is 16.1. The van der Waals surface area contributed by atoms with Crippen molar-refractivity contribution in [2.75, 3.05) is 0 Å². The number of allylic oxidation sites excluding steroid dienone is 1. The van der Waals surface area contributed by atoms with Crippen LogP contribution in [0.5, 0.6) is 0 Å². The Morgan fingerprint density at radius 1 is 1.67 bits per heavy atom. The zero-order valence-corrected chi connectivity index (χ0v) is 5.63. The topological polar surface area (TPSA) is 29.4 Å². The molecule has 0 fully saturated rings. The van der Waals surface area contributed by atoms with Crippen LogP contribution in [0.4, 0.5) is 0 Å². The fraction of sp³-hybridized carbons (Fsp3) is 0.571. The van der Waals surface area contributed by atoms with Crippen molar-refractivity contribution in [3.63, 3.8) is 0 Å². The van der Waals surface area contributed by atoms with Gasteiger partial charge in [0.15, 0.2) is 0 Å². The van der Waals surface area contributed by atoms with Gasteiger partial charge in [-0.3, -0.25) is 0 Å². The molecule has 0 atom stereocenters. The van der Waals surface area contributed by atoms with Gasteiger partial charge in [-0.15, -0.1) is 0 Å². The monoisotopic (exact) mass is 125 g/mol. The van der Waals surface area contributed by atoms with Crippen molar-refractivity contribution in [1.82, 2.24) is 0 Å². The Labute approximate surface area is 55.3 Å². The highest BCUT2D eigenvalue weighted by Gasteiger charge is 1.74. The van der Waals surface area contributed by atoms with Crippen molar-refractivity contribution in [3.05, 3.63) is 12.3 Å². The van der Waals surface area contributed by atoms with Crippen molar-refractivity contribution >= 4 is 6.08 Å². The molecule has 0 N–H and O–H groups in total. The summed E-state index contributed by atoms with van der Waals surface area (Å²) in [6, 6.07) is 0. The minimum absolute atomic E-state index is 1.00. The second kappa shape index (κ2) is 7.12. The summed E-state index contributed by atoms with van der Waals surface area (Å²) >= 11 is 0. The highest BCUT2D eigenvalue weighted by Crippen LogP contribution is 1.93. The average molecular weight is 125 g/mol. The molecule has 50 valence electrons. The molecule has 0 bridgehead atoms. The Kier molecular flexibility index (Phi) is 6.42. The summed E-state index contributed by atoms with van der Waals surface area (Å²) in [5.41, 5.74) is 0. The summed E-state index contributed by atoms with van der Waals surface area (Å²) in [5.74, 6) is 0. The number of unbranched alkanes of at least 4 members (excludes halogenated alkanes) is 2. The van der Waals surface area contributed by atoms with Gasteiger partial charge in [-0.2, -0.15) is 4.99 Å². The van der Waals surface area contributed by atoms with Crippen LogP contribution in [0, 0.1) is 0 Å². The van der Waals surface area contributed by atoms with E-state index in [9.17, 15) is 4.79 Å². The van der Waals surface area contributed by atoms with Gasteiger partial charge >= 0.3 is 0 Å². The lowest BCUT2D eigenvalue weighted by atomic mass is 10.2. The maximum atomic E-state index is 9.49. The fourth-order valence-corrected chi connectivity index (χ4v) is 0.480. The summed E-state index contributed by atoms with van der Waals surface area (Å²) in [7, 11) is 0. The van der Waals surface area contributed by atoms with E-state index in [1.54, 1.807) is 0 Å². The molecule has 0 spiro atoms. The predicted octanol–water partition coefficient (Wildman–Crippen LogP) is 2.03. The SMILES string of the molecule is CCCCC=CN=C=O. The maximum Gasteiger partial charge on any atom is 0.239 e. The van der Waals surface area contributed by atoms with Gasteiger partial charge in [0.05, 0.1) is 0 Å².